The van der Waals surface area contributed by atoms with Crippen molar-refractivity contribution in [1.29, 1.82) is 0 Å². The molecule has 3 N–H and O–H groups in total. The summed E-state index contributed by atoms with van der Waals surface area (Å²) < 4.78 is 10.7. The van der Waals surface area contributed by atoms with Crippen LogP contribution in [0.2, 0.25) is 0 Å². The van der Waals surface area contributed by atoms with Gasteiger partial charge in [-0.15, -0.1) is 0 Å². The van der Waals surface area contributed by atoms with Crippen molar-refractivity contribution in [3.05, 3.63) is 59.7 Å². The van der Waals surface area contributed by atoms with E-state index in [0.717, 1.165) is 30.4 Å². The molecule has 0 saturated carbocycles. The van der Waals surface area contributed by atoms with Crippen LogP contribution in [0, 0.1) is 5.92 Å². The van der Waals surface area contributed by atoms with Gasteiger partial charge in [0.2, 0.25) is 0 Å². The van der Waals surface area contributed by atoms with Gasteiger partial charge in [-0.25, -0.2) is 0 Å². The predicted molar refractivity (Wildman–Crippen MR) is 101 cm³/mol. The van der Waals surface area contributed by atoms with Crippen LogP contribution in [0.15, 0.2) is 48.5 Å². The second-order valence-corrected chi connectivity index (χ2v) is 6.38. The largest absolute Gasteiger partial charge is 0.493 e. The number of hydrogen-bond donors (Lipinski definition) is 2. The van der Waals surface area contributed by atoms with Gasteiger partial charge in [0.15, 0.2) is 11.5 Å². The van der Waals surface area contributed by atoms with Crippen LogP contribution in [-0.4, -0.2) is 25.4 Å². The molecule has 136 valence electrons. The Bertz CT molecular complexity index is 645. The Labute approximate surface area is 150 Å². The molecule has 2 rings (SSSR count). The summed E-state index contributed by atoms with van der Waals surface area (Å²) in [5, 5.41) is 10.7. The summed E-state index contributed by atoms with van der Waals surface area (Å²) >= 11 is 0. The molecule has 3 unspecified atom stereocenters. The molecule has 25 heavy (non-hydrogen) atoms. The first-order valence-electron chi connectivity index (χ1n) is 8.80. The van der Waals surface area contributed by atoms with Gasteiger partial charge in [-0.3, -0.25) is 0 Å². The number of benzene rings is 2. The third-order valence-corrected chi connectivity index (χ3v) is 4.66. The molecule has 3 atom stereocenters. The molecule has 0 aliphatic carbocycles. The Hall–Kier alpha value is -2.04. The number of aliphatic hydroxyl groups is 1. The van der Waals surface area contributed by atoms with Gasteiger partial charge in [0.25, 0.3) is 0 Å². The summed E-state index contributed by atoms with van der Waals surface area (Å²) in [7, 11) is 3.26. The van der Waals surface area contributed by atoms with Crippen LogP contribution in [0.5, 0.6) is 11.5 Å². The molecular weight excluding hydrogens is 314 g/mol. The summed E-state index contributed by atoms with van der Waals surface area (Å²) in [4.78, 5) is 0. The highest BCUT2D eigenvalue weighted by Crippen LogP contribution is 2.31. The Morgan fingerprint density at radius 3 is 2.28 bits per heavy atom. The highest BCUT2D eigenvalue weighted by molar-refractivity contribution is 5.43. The van der Waals surface area contributed by atoms with Crippen molar-refractivity contribution in [2.24, 2.45) is 11.7 Å². The Balaban J connectivity index is 2.17. The monoisotopic (exact) mass is 343 g/mol. The summed E-state index contributed by atoms with van der Waals surface area (Å²) in [6, 6.07) is 15.2. The van der Waals surface area contributed by atoms with Crippen LogP contribution in [0.1, 0.15) is 37.0 Å². The smallest absolute Gasteiger partial charge is 0.160 e. The van der Waals surface area contributed by atoms with Crippen LogP contribution in [0.4, 0.5) is 0 Å². The lowest BCUT2D eigenvalue weighted by atomic mass is 9.84. The third kappa shape index (κ3) is 4.97. The van der Waals surface area contributed by atoms with E-state index >= 15 is 0 Å². The zero-order chi connectivity index (χ0) is 18.2. The molecule has 4 heteroatoms. The fraction of sp³-hybridized carbons (Fsp3) is 0.429. The molecule has 4 nitrogen and oxygen atoms in total. The molecule has 0 radical (unpaired) electrons. The molecule has 2 aromatic rings. The zero-order valence-corrected chi connectivity index (χ0v) is 15.3. The summed E-state index contributed by atoms with van der Waals surface area (Å²) in [6.07, 6.45) is 2.10. The van der Waals surface area contributed by atoms with Crippen LogP contribution in [0.25, 0.3) is 0 Å². The van der Waals surface area contributed by atoms with Gasteiger partial charge in [-0.2, -0.15) is 0 Å². The fourth-order valence-electron chi connectivity index (χ4n) is 3.24. The van der Waals surface area contributed by atoms with Crippen molar-refractivity contribution in [3.8, 4) is 11.5 Å². The third-order valence-electron chi connectivity index (χ3n) is 4.66. The van der Waals surface area contributed by atoms with Gasteiger partial charge in [-0.05, 0) is 42.0 Å². The molecule has 0 fully saturated rings. The van der Waals surface area contributed by atoms with Gasteiger partial charge >= 0.3 is 0 Å². The number of hydrogen-bond acceptors (Lipinski definition) is 4. The number of aliphatic hydroxyl groups excluding tert-OH is 1. The van der Waals surface area contributed by atoms with E-state index in [1.54, 1.807) is 14.2 Å². The van der Waals surface area contributed by atoms with Crippen molar-refractivity contribution in [2.75, 3.05) is 14.2 Å². The molecule has 0 saturated heterocycles. The molecule has 0 heterocycles. The van der Waals surface area contributed by atoms with Crippen LogP contribution in [0.3, 0.4) is 0 Å². The van der Waals surface area contributed by atoms with Crippen LogP contribution < -0.4 is 15.2 Å². The van der Waals surface area contributed by atoms with Crippen molar-refractivity contribution < 1.29 is 14.6 Å². The normalized spacial score (nSPS) is 14.6. The topological polar surface area (TPSA) is 64.7 Å². The summed E-state index contributed by atoms with van der Waals surface area (Å²) in [5.41, 5.74) is 8.44. The molecule has 0 bridgehead atoms. The van der Waals surface area contributed by atoms with E-state index in [1.807, 2.05) is 48.5 Å². The first-order chi connectivity index (χ1) is 12.1. The summed E-state index contributed by atoms with van der Waals surface area (Å²) in [6.45, 7) is 2.14. The van der Waals surface area contributed by atoms with Crippen molar-refractivity contribution in [2.45, 2.75) is 38.3 Å². The van der Waals surface area contributed by atoms with Gasteiger partial charge in [0, 0.05) is 6.04 Å². The van der Waals surface area contributed by atoms with E-state index < -0.39 is 6.10 Å². The van der Waals surface area contributed by atoms with Gasteiger partial charge in [-0.1, -0.05) is 49.7 Å². The van der Waals surface area contributed by atoms with Crippen molar-refractivity contribution in [1.82, 2.24) is 0 Å². The molecule has 0 spiro atoms. The van der Waals surface area contributed by atoms with Gasteiger partial charge in [0.1, 0.15) is 0 Å². The van der Waals surface area contributed by atoms with Crippen molar-refractivity contribution in [3.63, 3.8) is 0 Å². The molecule has 0 amide bonds. The Morgan fingerprint density at radius 2 is 1.68 bits per heavy atom. The first-order valence-corrected chi connectivity index (χ1v) is 8.80. The maximum Gasteiger partial charge on any atom is 0.160 e. The van der Waals surface area contributed by atoms with Gasteiger partial charge < -0.3 is 20.3 Å². The minimum absolute atomic E-state index is 0.179. The average molecular weight is 343 g/mol. The maximum atomic E-state index is 10.7. The lowest BCUT2D eigenvalue weighted by Crippen LogP contribution is -2.37. The minimum Gasteiger partial charge on any atom is -0.493 e. The quantitative estimate of drug-likeness (QED) is 0.728. The van der Waals surface area contributed by atoms with E-state index in [2.05, 4.69) is 6.92 Å². The second-order valence-electron chi connectivity index (χ2n) is 6.38. The molecule has 0 aliphatic heterocycles. The number of ether oxygens (including phenoxy) is 2. The second kappa shape index (κ2) is 9.44. The van der Waals surface area contributed by atoms with Crippen LogP contribution in [-0.2, 0) is 6.42 Å². The Morgan fingerprint density at radius 1 is 1.00 bits per heavy atom. The van der Waals surface area contributed by atoms with Gasteiger partial charge in [0.05, 0.1) is 20.3 Å². The van der Waals surface area contributed by atoms with E-state index in [-0.39, 0.29) is 12.0 Å². The average Bonchev–Trinajstić information content (AvgIpc) is 2.67. The van der Waals surface area contributed by atoms with Crippen molar-refractivity contribution >= 4 is 0 Å². The Kier molecular flexibility index (Phi) is 7.29. The SMILES string of the molecule is CCCC(Cc1ccc(OC)c(OC)c1)C(N)C(O)c1ccccc1. The predicted octanol–water partition coefficient (Wildman–Crippen LogP) is 3.72. The summed E-state index contributed by atoms with van der Waals surface area (Å²) in [5.74, 6) is 1.61. The fourth-order valence-corrected chi connectivity index (χ4v) is 3.24. The number of methoxy groups -OCH3 is 2. The highest BCUT2D eigenvalue weighted by atomic mass is 16.5. The highest BCUT2D eigenvalue weighted by Gasteiger charge is 2.26. The van der Waals surface area contributed by atoms with E-state index in [1.165, 1.54) is 0 Å². The lowest BCUT2D eigenvalue weighted by molar-refractivity contribution is 0.114. The minimum atomic E-state index is -0.669. The van der Waals surface area contributed by atoms with E-state index in [4.69, 9.17) is 15.2 Å². The lowest BCUT2D eigenvalue weighted by Gasteiger charge is -2.28. The molecule has 2 aromatic carbocycles. The molecule has 0 aromatic heterocycles. The standard InChI is InChI=1S/C21H29NO3/c1-4-8-17(20(22)21(23)16-9-6-5-7-10-16)13-15-11-12-18(24-2)19(14-15)25-3/h5-7,9-12,14,17,20-21,23H,4,8,13,22H2,1-3H3. The molecule has 0 aliphatic rings. The van der Waals surface area contributed by atoms with E-state index in [9.17, 15) is 5.11 Å². The number of nitrogens with two attached hydrogens (primary N) is 1. The van der Waals surface area contributed by atoms with Crippen LogP contribution >= 0.6 is 0 Å². The van der Waals surface area contributed by atoms with E-state index in [0.29, 0.717) is 11.5 Å². The zero-order valence-electron chi connectivity index (χ0n) is 15.3. The molecular formula is C21H29NO3. The number of rotatable bonds is 9. The maximum absolute atomic E-state index is 10.7. The first kappa shape index (κ1) is 19.3.